The standard InChI is InChI=1S/C6H10N2O3S/c9-4-1-5-12(10,11)6-7-2-3-8-6/h2-3,9H,1,4-5H2,(H,7,8). The number of sulfone groups is 1. The Kier molecular flexibility index (Phi) is 2.83. The lowest BCUT2D eigenvalue weighted by Gasteiger charge is -1.97. The van der Waals surface area contributed by atoms with Gasteiger partial charge in [0.15, 0.2) is 0 Å². The van der Waals surface area contributed by atoms with Crippen molar-refractivity contribution in [1.29, 1.82) is 0 Å². The summed E-state index contributed by atoms with van der Waals surface area (Å²) in [4.78, 5) is 6.12. The highest BCUT2D eigenvalue weighted by molar-refractivity contribution is 7.91. The van der Waals surface area contributed by atoms with Gasteiger partial charge >= 0.3 is 0 Å². The summed E-state index contributed by atoms with van der Waals surface area (Å²) in [6.45, 7) is -0.125. The number of hydrogen-bond donors (Lipinski definition) is 2. The number of aromatic nitrogens is 2. The van der Waals surface area contributed by atoms with Crippen LogP contribution >= 0.6 is 0 Å². The monoisotopic (exact) mass is 190 g/mol. The molecule has 1 aromatic rings. The first-order valence-corrected chi connectivity index (χ1v) is 5.15. The summed E-state index contributed by atoms with van der Waals surface area (Å²) in [6.07, 6.45) is 3.07. The first-order valence-electron chi connectivity index (χ1n) is 3.50. The topological polar surface area (TPSA) is 83.1 Å². The second-order valence-corrected chi connectivity index (χ2v) is 4.31. The molecule has 0 saturated heterocycles. The molecular formula is C6H10N2O3S. The molecule has 0 spiro atoms. The Morgan fingerprint density at radius 2 is 2.33 bits per heavy atom. The SMILES string of the molecule is O=S(=O)(CCCO)c1ncc[nH]1. The van der Waals surface area contributed by atoms with Crippen LogP contribution in [0.3, 0.4) is 0 Å². The molecule has 1 aromatic heterocycles. The van der Waals surface area contributed by atoms with Crippen LogP contribution in [0.15, 0.2) is 17.6 Å². The maximum absolute atomic E-state index is 11.2. The van der Waals surface area contributed by atoms with E-state index in [9.17, 15) is 8.42 Å². The van der Waals surface area contributed by atoms with Crippen molar-refractivity contribution < 1.29 is 13.5 Å². The fourth-order valence-electron chi connectivity index (χ4n) is 0.772. The van der Waals surface area contributed by atoms with Crippen LogP contribution in [0.1, 0.15) is 6.42 Å². The molecule has 0 fully saturated rings. The highest BCUT2D eigenvalue weighted by Gasteiger charge is 2.15. The lowest BCUT2D eigenvalue weighted by atomic mass is 10.5. The van der Waals surface area contributed by atoms with E-state index in [0.29, 0.717) is 0 Å². The number of hydrogen-bond acceptors (Lipinski definition) is 4. The van der Waals surface area contributed by atoms with Crippen molar-refractivity contribution in [3.05, 3.63) is 12.4 Å². The van der Waals surface area contributed by atoms with Crippen molar-refractivity contribution in [2.45, 2.75) is 11.6 Å². The smallest absolute Gasteiger partial charge is 0.224 e. The molecule has 0 aliphatic carbocycles. The van der Waals surface area contributed by atoms with Gasteiger partial charge < -0.3 is 10.1 Å². The van der Waals surface area contributed by atoms with E-state index in [1.54, 1.807) is 0 Å². The Morgan fingerprint density at radius 1 is 1.58 bits per heavy atom. The van der Waals surface area contributed by atoms with Crippen molar-refractivity contribution in [1.82, 2.24) is 9.97 Å². The quantitative estimate of drug-likeness (QED) is 0.674. The lowest BCUT2D eigenvalue weighted by Crippen LogP contribution is -2.09. The van der Waals surface area contributed by atoms with E-state index in [1.807, 2.05) is 0 Å². The Labute approximate surface area is 70.4 Å². The third-order valence-corrected chi connectivity index (χ3v) is 2.98. The Hall–Kier alpha value is -0.880. The van der Waals surface area contributed by atoms with Crippen LogP contribution in [0.5, 0.6) is 0 Å². The third-order valence-electron chi connectivity index (χ3n) is 1.34. The van der Waals surface area contributed by atoms with Gasteiger partial charge in [-0.25, -0.2) is 13.4 Å². The number of aliphatic hydroxyl groups is 1. The molecule has 0 aliphatic heterocycles. The molecule has 0 aliphatic rings. The normalized spacial score (nSPS) is 11.8. The highest BCUT2D eigenvalue weighted by Crippen LogP contribution is 2.04. The van der Waals surface area contributed by atoms with Crippen LogP contribution in [-0.4, -0.2) is 35.9 Å². The van der Waals surface area contributed by atoms with Crippen molar-refractivity contribution in [2.24, 2.45) is 0 Å². The summed E-state index contributed by atoms with van der Waals surface area (Å²) in [5, 5.41) is 8.40. The maximum atomic E-state index is 11.2. The zero-order chi connectivity index (χ0) is 9.03. The van der Waals surface area contributed by atoms with Gasteiger partial charge in [0.05, 0.1) is 5.75 Å². The van der Waals surface area contributed by atoms with Crippen LogP contribution in [0.25, 0.3) is 0 Å². The third kappa shape index (κ3) is 2.05. The number of nitrogens with one attached hydrogen (secondary N) is 1. The summed E-state index contributed by atoms with van der Waals surface area (Å²) in [5.74, 6) is -0.0724. The van der Waals surface area contributed by atoms with Crippen molar-refractivity contribution in [3.63, 3.8) is 0 Å². The van der Waals surface area contributed by atoms with Gasteiger partial charge in [-0.15, -0.1) is 0 Å². The van der Waals surface area contributed by atoms with E-state index in [-0.39, 0.29) is 23.9 Å². The highest BCUT2D eigenvalue weighted by atomic mass is 32.2. The molecule has 5 nitrogen and oxygen atoms in total. The molecule has 0 saturated carbocycles. The zero-order valence-corrected chi connectivity index (χ0v) is 7.21. The zero-order valence-electron chi connectivity index (χ0n) is 6.40. The number of aromatic amines is 1. The van der Waals surface area contributed by atoms with Crippen LogP contribution in [-0.2, 0) is 9.84 Å². The number of H-pyrrole nitrogens is 1. The van der Waals surface area contributed by atoms with E-state index in [1.165, 1.54) is 12.4 Å². The molecule has 1 heterocycles. The van der Waals surface area contributed by atoms with Crippen molar-refractivity contribution in [3.8, 4) is 0 Å². The van der Waals surface area contributed by atoms with E-state index in [2.05, 4.69) is 9.97 Å². The Bertz CT molecular complexity index is 317. The Balaban J connectivity index is 2.74. The molecule has 0 atom stereocenters. The molecule has 1 rings (SSSR count). The van der Waals surface area contributed by atoms with E-state index in [0.717, 1.165) is 0 Å². The largest absolute Gasteiger partial charge is 0.396 e. The van der Waals surface area contributed by atoms with Gasteiger partial charge in [0.1, 0.15) is 0 Å². The summed E-state index contributed by atoms with van der Waals surface area (Å²) in [7, 11) is -3.31. The van der Waals surface area contributed by atoms with Gasteiger partial charge in [0, 0.05) is 19.0 Å². The summed E-state index contributed by atoms with van der Waals surface area (Å²) in [5.41, 5.74) is 0. The summed E-state index contributed by atoms with van der Waals surface area (Å²) >= 11 is 0. The van der Waals surface area contributed by atoms with Gasteiger partial charge in [-0.3, -0.25) is 0 Å². The van der Waals surface area contributed by atoms with Crippen molar-refractivity contribution >= 4 is 9.84 Å². The first-order chi connectivity index (χ1) is 5.67. The molecule has 0 bridgehead atoms. The summed E-state index contributed by atoms with van der Waals surface area (Å²) in [6, 6.07) is 0. The number of aliphatic hydroxyl groups excluding tert-OH is 1. The molecule has 68 valence electrons. The van der Waals surface area contributed by atoms with Crippen LogP contribution in [0.2, 0.25) is 0 Å². The average Bonchev–Trinajstić information content (AvgIpc) is 2.53. The summed E-state index contributed by atoms with van der Waals surface area (Å²) < 4.78 is 22.5. The lowest BCUT2D eigenvalue weighted by molar-refractivity contribution is 0.295. The van der Waals surface area contributed by atoms with Crippen LogP contribution in [0.4, 0.5) is 0 Å². The van der Waals surface area contributed by atoms with E-state index in [4.69, 9.17) is 5.11 Å². The van der Waals surface area contributed by atoms with Gasteiger partial charge in [-0.2, -0.15) is 0 Å². The van der Waals surface area contributed by atoms with E-state index >= 15 is 0 Å². The molecule has 0 amide bonds. The molecule has 6 heteroatoms. The molecule has 12 heavy (non-hydrogen) atoms. The van der Waals surface area contributed by atoms with Gasteiger partial charge in [-0.1, -0.05) is 0 Å². The predicted octanol–water partition coefficient (Wildman–Crippen LogP) is -0.434. The van der Waals surface area contributed by atoms with Crippen molar-refractivity contribution in [2.75, 3.05) is 12.4 Å². The van der Waals surface area contributed by atoms with Gasteiger partial charge in [0.25, 0.3) is 0 Å². The second kappa shape index (κ2) is 3.68. The van der Waals surface area contributed by atoms with E-state index < -0.39 is 9.84 Å². The maximum Gasteiger partial charge on any atom is 0.224 e. The minimum absolute atomic E-state index is 0.0315. The first kappa shape index (κ1) is 9.21. The number of imidazole rings is 1. The minimum atomic E-state index is -3.31. The van der Waals surface area contributed by atoms with Gasteiger partial charge in [-0.05, 0) is 6.42 Å². The van der Waals surface area contributed by atoms with Gasteiger partial charge in [0.2, 0.25) is 15.0 Å². The molecule has 2 N–H and O–H groups in total. The van der Waals surface area contributed by atoms with Crippen LogP contribution in [0, 0.1) is 0 Å². The molecule has 0 aromatic carbocycles. The number of rotatable bonds is 4. The molecule has 0 radical (unpaired) electrons. The average molecular weight is 190 g/mol. The predicted molar refractivity (Wildman–Crippen MR) is 42.3 cm³/mol. The fourth-order valence-corrected chi connectivity index (χ4v) is 1.94. The number of nitrogens with zero attached hydrogens (tertiary/aromatic N) is 1. The Morgan fingerprint density at radius 3 is 2.83 bits per heavy atom. The second-order valence-electron chi connectivity index (χ2n) is 2.29. The minimum Gasteiger partial charge on any atom is -0.396 e. The molecule has 0 unspecified atom stereocenters. The molecular weight excluding hydrogens is 180 g/mol. The van der Waals surface area contributed by atoms with Crippen LogP contribution < -0.4 is 0 Å². The fraction of sp³-hybridized carbons (Fsp3) is 0.500.